The van der Waals surface area contributed by atoms with Gasteiger partial charge in [-0.25, -0.2) is 0 Å². The second kappa shape index (κ2) is 4.84. The summed E-state index contributed by atoms with van der Waals surface area (Å²) in [6.07, 6.45) is -0.270. The molecule has 1 unspecified atom stereocenters. The lowest BCUT2D eigenvalue weighted by atomic mass is 9.96. The maximum Gasteiger partial charge on any atom is 0.320 e. The topological polar surface area (TPSA) is 63.6 Å². The van der Waals surface area contributed by atoms with Gasteiger partial charge in [0, 0.05) is 0 Å². The van der Waals surface area contributed by atoms with Gasteiger partial charge in [0.1, 0.15) is 0 Å². The van der Waals surface area contributed by atoms with Gasteiger partial charge < -0.3 is 9.84 Å². The van der Waals surface area contributed by atoms with Crippen molar-refractivity contribution in [2.75, 3.05) is 0 Å². The number of carboxylic acids is 1. The van der Waals surface area contributed by atoms with E-state index in [0.717, 1.165) is 0 Å². The first kappa shape index (κ1) is 11.9. The maximum atomic E-state index is 11.2. The van der Waals surface area contributed by atoms with Gasteiger partial charge in [-0.15, -0.1) is 0 Å². The molecule has 0 saturated heterocycles. The van der Waals surface area contributed by atoms with Crippen molar-refractivity contribution in [3.05, 3.63) is 0 Å². The minimum absolute atomic E-state index is 0.247. The third-order valence-corrected chi connectivity index (χ3v) is 1.54. The van der Waals surface area contributed by atoms with E-state index in [9.17, 15) is 9.59 Å². The van der Waals surface area contributed by atoms with E-state index in [1.807, 2.05) is 0 Å². The first-order valence-electron chi connectivity index (χ1n) is 4.29. The van der Waals surface area contributed by atoms with Crippen molar-refractivity contribution in [1.29, 1.82) is 0 Å². The smallest absolute Gasteiger partial charge is 0.320 e. The molecule has 4 heteroatoms. The van der Waals surface area contributed by atoms with Crippen LogP contribution in [0.1, 0.15) is 27.7 Å². The van der Waals surface area contributed by atoms with Gasteiger partial charge in [0.2, 0.25) is 0 Å². The third kappa shape index (κ3) is 3.92. The van der Waals surface area contributed by atoms with E-state index < -0.39 is 17.9 Å². The Balaban J connectivity index is 4.38. The third-order valence-electron chi connectivity index (χ3n) is 1.54. The zero-order chi connectivity index (χ0) is 10.6. The van der Waals surface area contributed by atoms with Crippen LogP contribution in [0.2, 0.25) is 0 Å². The van der Waals surface area contributed by atoms with E-state index in [-0.39, 0.29) is 12.0 Å². The molecule has 4 nitrogen and oxygen atoms in total. The highest BCUT2D eigenvalue weighted by molar-refractivity contribution is 5.94. The molecule has 0 bridgehead atoms. The molecule has 1 atom stereocenters. The van der Waals surface area contributed by atoms with Crippen LogP contribution in [0.5, 0.6) is 0 Å². The first-order valence-corrected chi connectivity index (χ1v) is 4.29. The lowest BCUT2D eigenvalue weighted by Gasteiger charge is -2.16. The van der Waals surface area contributed by atoms with Gasteiger partial charge in [-0.2, -0.15) is 0 Å². The van der Waals surface area contributed by atoms with Gasteiger partial charge in [-0.05, 0) is 19.8 Å². The van der Waals surface area contributed by atoms with Crippen LogP contribution in [0, 0.1) is 11.8 Å². The molecule has 0 amide bonds. The molecule has 0 fully saturated rings. The zero-order valence-electron chi connectivity index (χ0n) is 8.40. The Morgan fingerprint density at radius 1 is 1.15 bits per heavy atom. The number of aliphatic carboxylic acids is 1. The summed E-state index contributed by atoms with van der Waals surface area (Å²) in [7, 11) is 0. The Morgan fingerprint density at radius 3 is 1.85 bits per heavy atom. The van der Waals surface area contributed by atoms with Crippen molar-refractivity contribution in [3.63, 3.8) is 0 Å². The van der Waals surface area contributed by atoms with Crippen molar-refractivity contribution >= 4 is 11.9 Å². The van der Waals surface area contributed by atoms with Crippen LogP contribution < -0.4 is 0 Å². The fraction of sp³-hybridized carbons (Fsp3) is 0.778. The number of hydrogen-bond donors (Lipinski definition) is 1. The number of esters is 1. The second-order valence-electron chi connectivity index (χ2n) is 3.55. The van der Waals surface area contributed by atoms with Crippen molar-refractivity contribution in [3.8, 4) is 0 Å². The highest BCUT2D eigenvalue weighted by atomic mass is 16.5. The molecule has 1 N–H and O–H groups in total. The standard InChI is InChI=1S/C9H16O4/c1-5(2)7(8(10)11)9(12)13-6(3)4/h5-7H,1-4H3,(H,10,11). The van der Waals surface area contributed by atoms with Gasteiger partial charge in [0.25, 0.3) is 0 Å². The Labute approximate surface area is 77.9 Å². The molecular formula is C9H16O4. The van der Waals surface area contributed by atoms with Gasteiger partial charge >= 0.3 is 11.9 Å². The normalized spacial score (nSPS) is 13.1. The van der Waals surface area contributed by atoms with Crippen LogP contribution in [0.3, 0.4) is 0 Å². The molecule has 76 valence electrons. The van der Waals surface area contributed by atoms with E-state index in [1.165, 1.54) is 0 Å². The Morgan fingerprint density at radius 2 is 1.62 bits per heavy atom. The summed E-state index contributed by atoms with van der Waals surface area (Å²) in [6, 6.07) is 0. The minimum Gasteiger partial charge on any atom is -0.481 e. The largest absolute Gasteiger partial charge is 0.481 e. The highest BCUT2D eigenvalue weighted by Gasteiger charge is 2.31. The van der Waals surface area contributed by atoms with Crippen molar-refractivity contribution in [1.82, 2.24) is 0 Å². The molecule has 0 aromatic rings. The van der Waals surface area contributed by atoms with Crippen molar-refractivity contribution in [2.24, 2.45) is 11.8 Å². The SMILES string of the molecule is CC(C)OC(=O)C(C(=O)O)C(C)C. The Hall–Kier alpha value is -1.06. The van der Waals surface area contributed by atoms with Gasteiger partial charge in [0.15, 0.2) is 5.92 Å². The van der Waals surface area contributed by atoms with Crippen LogP contribution in [-0.4, -0.2) is 23.1 Å². The summed E-state index contributed by atoms with van der Waals surface area (Å²) in [4.78, 5) is 21.9. The lowest BCUT2D eigenvalue weighted by molar-refractivity contribution is -0.163. The predicted octanol–water partition coefficient (Wildman–Crippen LogP) is 1.29. The molecule has 0 spiro atoms. The maximum absolute atomic E-state index is 11.2. The number of hydrogen-bond acceptors (Lipinski definition) is 3. The molecule has 0 aliphatic rings. The average molecular weight is 188 g/mol. The summed E-state index contributed by atoms with van der Waals surface area (Å²) in [5.41, 5.74) is 0. The molecule has 0 rings (SSSR count). The van der Waals surface area contributed by atoms with Gasteiger partial charge in [-0.1, -0.05) is 13.8 Å². The molecular weight excluding hydrogens is 172 g/mol. The molecule has 0 aromatic heterocycles. The Kier molecular flexibility index (Phi) is 4.45. The minimum atomic E-state index is -1.12. The lowest BCUT2D eigenvalue weighted by Crippen LogP contribution is -2.31. The molecule has 0 heterocycles. The molecule has 13 heavy (non-hydrogen) atoms. The summed E-state index contributed by atoms with van der Waals surface area (Å²) in [5.74, 6) is -3.08. The predicted molar refractivity (Wildman–Crippen MR) is 47.2 cm³/mol. The number of carboxylic acid groups (broad SMARTS) is 1. The van der Waals surface area contributed by atoms with Crippen LogP contribution in [0.25, 0.3) is 0 Å². The molecule has 0 aromatic carbocycles. The summed E-state index contributed by atoms with van der Waals surface area (Å²) in [5, 5.41) is 8.73. The average Bonchev–Trinajstić information content (AvgIpc) is 1.81. The monoisotopic (exact) mass is 188 g/mol. The van der Waals surface area contributed by atoms with Crippen LogP contribution in [0.15, 0.2) is 0 Å². The number of carbonyl (C=O) groups excluding carboxylic acids is 1. The number of carbonyl (C=O) groups is 2. The van der Waals surface area contributed by atoms with Crippen molar-refractivity contribution < 1.29 is 19.4 Å². The zero-order valence-corrected chi connectivity index (χ0v) is 8.40. The van der Waals surface area contributed by atoms with E-state index in [2.05, 4.69) is 0 Å². The van der Waals surface area contributed by atoms with Crippen molar-refractivity contribution in [2.45, 2.75) is 33.8 Å². The summed E-state index contributed by atoms with van der Waals surface area (Å²) >= 11 is 0. The summed E-state index contributed by atoms with van der Waals surface area (Å²) < 4.78 is 4.82. The van der Waals surface area contributed by atoms with E-state index in [4.69, 9.17) is 9.84 Å². The molecule has 0 aliphatic heterocycles. The number of ether oxygens (including phenoxy) is 1. The quantitative estimate of drug-likeness (QED) is 0.533. The molecule has 0 radical (unpaired) electrons. The fourth-order valence-corrected chi connectivity index (χ4v) is 0.964. The van der Waals surface area contributed by atoms with Crippen LogP contribution in [-0.2, 0) is 14.3 Å². The van der Waals surface area contributed by atoms with E-state index in [1.54, 1.807) is 27.7 Å². The van der Waals surface area contributed by atoms with Crippen LogP contribution >= 0.6 is 0 Å². The second-order valence-corrected chi connectivity index (χ2v) is 3.55. The van der Waals surface area contributed by atoms with Gasteiger partial charge in [0.05, 0.1) is 6.10 Å². The molecule has 0 saturated carbocycles. The first-order chi connectivity index (χ1) is 5.86. The van der Waals surface area contributed by atoms with E-state index in [0.29, 0.717) is 0 Å². The summed E-state index contributed by atoms with van der Waals surface area (Å²) in [6.45, 7) is 6.75. The van der Waals surface area contributed by atoms with E-state index >= 15 is 0 Å². The Bertz CT molecular complexity index is 196. The highest BCUT2D eigenvalue weighted by Crippen LogP contribution is 2.13. The van der Waals surface area contributed by atoms with Gasteiger partial charge in [-0.3, -0.25) is 9.59 Å². The van der Waals surface area contributed by atoms with Crippen LogP contribution in [0.4, 0.5) is 0 Å². The number of rotatable bonds is 4. The molecule has 0 aliphatic carbocycles. The fourth-order valence-electron chi connectivity index (χ4n) is 0.964.